The molecule has 0 saturated carbocycles. The van der Waals surface area contributed by atoms with Gasteiger partial charge in [-0.05, 0) is 16.3 Å². The minimum absolute atomic E-state index is 0.416. The van der Waals surface area contributed by atoms with Crippen LogP contribution >= 0.6 is 0 Å². The summed E-state index contributed by atoms with van der Waals surface area (Å²) in [7, 11) is -1.66. The zero-order valence-electron chi connectivity index (χ0n) is 13.3. The molecule has 22 heavy (non-hydrogen) atoms. The van der Waals surface area contributed by atoms with Crippen molar-refractivity contribution < 1.29 is 0 Å². The van der Waals surface area contributed by atoms with Crippen molar-refractivity contribution in [2.45, 2.75) is 18.6 Å². The predicted molar refractivity (Wildman–Crippen MR) is 100 cm³/mol. The van der Waals surface area contributed by atoms with Crippen LogP contribution in [0.4, 0.5) is 0 Å². The molecule has 0 aliphatic heterocycles. The molecule has 0 radical (unpaired) electrons. The Morgan fingerprint density at radius 1 is 0.818 bits per heavy atom. The Morgan fingerprint density at radius 3 is 2.14 bits per heavy atom. The van der Waals surface area contributed by atoms with E-state index in [1.807, 2.05) is 0 Å². The van der Waals surface area contributed by atoms with Gasteiger partial charge in [0.25, 0.3) is 0 Å². The highest BCUT2D eigenvalue weighted by atomic mass is 28.3. The van der Waals surface area contributed by atoms with Crippen LogP contribution in [0.15, 0.2) is 85.5 Å². The van der Waals surface area contributed by atoms with Gasteiger partial charge in [0.05, 0.1) is 8.07 Å². The number of benzene rings is 3. The molecule has 1 heteroatoms. The fourth-order valence-electron chi connectivity index (χ4n) is 3.30. The number of allylic oxidation sites excluding steroid dienone is 1. The third-order valence-corrected chi connectivity index (χ3v) is 8.61. The normalized spacial score (nSPS) is 13.0. The van der Waals surface area contributed by atoms with E-state index < -0.39 is 8.07 Å². The zero-order valence-corrected chi connectivity index (χ0v) is 14.3. The van der Waals surface area contributed by atoms with Gasteiger partial charge in [0, 0.05) is 5.54 Å². The summed E-state index contributed by atoms with van der Waals surface area (Å²) in [6.07, 6.45) is 2.14. The first kappa shape index (κ1) is 14.8. The van der Waals surface area contributed by atoms with Crippen LogP contribution in [0.5, 0.6) is 0 Å². The average molecular weight is 302 g/mol. The molecule has 3 aromatic carbocycles. The van der Waals surface area contributed by atoms with E-state index in [9.17, 15) is 0 Å². The fraction of sp³-hybridized carbons (Fsp3) is 0.143. The lowest BCUT2D eigenvalue weighted by atomic mass is 10.0. The van der Waals surface area contributed by atoms with Crippen LogP contribution in [0, 0.1) is 0 Å². The number of hydrogen-bond donors (Lipinski definition) is 0. The van der Waals surface area contributed by atoms with E-state index in [-0.39, 0.29) is 0 Å². The van der Waals surface area contributed by atoms with E-state index in [1.54, 1.807) is 0 Å². The van der Waals surface area contributed by atoms with Crippen LogP contribution in [0.1, 0.15) is 11.1 Å². The molecule has 1 atom stereocenters. The van der Waals surface area contributed by atoms with E-state index in [0.29, 0.717) is 5.54 Å². The molecule has 0 nitrogen and oxygen atoms in total. The maximum atomic E-state index is 4.14. The summed E-state index contributed by atoms with van der Waals surface area (Å²) in [5.74, 6) is 0. The lowest BCUT2D eigenvalue weighted by Crippen LogP contribution is -2.46. The van der Waals surface area contributed by atoms with Gasteiger partial charge in [0.15, 0.2) is 0 Å². The third kappa shape index (κ3) is 2.64. The average Bonchev–Trinajstić information content (AvgIpc) is 2.56. The van der Waals surface area contributed by atoms with Crippen LogP contribution in [-0.2, 0) is 0 Å². The van der Waals surface area contributed by atoms with Crippen molar-refractivity contribution in [3.63, 3.8) is 0 Å². The second-order valence-electron chi connectivity index (χ2n) is 6.41. The van der Waals surface area contributed by atoms with Gasteiger partial charge >= 0.3 is 0 Å². The van der Waals surface area contributed by atoms with Crippen molar-refractivity contribution in [1.29, 1.82) is 0 Å². The number of hydrogen-bond acceptors (Lipinski definition) is 0. The van der Waals surface area contributed by atoms with E-state index in [4.69, 9.17) is 0 Å². The van der Waals surface area contributed by atoms with Crippen LogP contribution in [0.2, 0.25) is 13.1 Å². The smallest absolute Gasteiger partial charge is 0.0919 e. The maximum absolute atomic E-state index is 4.14. The molecular formula is C21H22Si. The van der Waals surface area contributed by atoms with Crippen LogP contribution in [0.3, 0.4) is 0 Å². The highest BCUT2D eigenvalue weighted by molar-refractivity contribution is 6.91. The van der Waals surface area contributed by atoms with Gasteiger partial charge in [0.1, 0.15) is 0 Å². The van der Waals surface area contributed by atoms with Crippen LogP contribution in [-0.4, -0.2) is 8.07 Å². The zero-order chi connectivity index (χ0) is 15.6. The molecule has 0 heterocycles. The van der Waals surface area contributed by atoms with Crippen molar-refractivity contribution >= 4 is 24.0 Å². The minimum atomic E-state index is -1.66. The highest BCUT2D eigenvalue weighted by Crippen LogP contribution is 2.30. The first-order valence-corrected chi connectivity index (χ1v) is 10.9. The van der Waals surface area contributed by atoms with E-state index in [2.05, 4.69) is 98.5 Å². The standard InChI is InChI=1S/C21H22Si/c1-4-21(22(2,3)20-12-6-5-7-13-20)19-15-14-17-10-8-9-11-18(17)16-19/h4-16,21H,1H2,2-3H3/t21-/m0/s1. The summed E-state index contributed by atoms with van der Waals surface area (Å²) in [5, 5.41) is 4.09. The summed E-state index contributed by atoms with van der Waals surface area (Å²) in [6, 6.07) is 26.3. The van der Waals surface area contributed by atoms with Crippen molar-refractivity contribution in [3.8, 4) is 0 Å². The lowest BCUT2D eigenvalue weighted by molar-refractivity contribution is 1.15. The van der Waals surface area contributed by atoms with Gasteiger partial charge in [-0.15, -0.1) is 6.58 Å². The minimum Gasteiger partial charge on any atom is -0.103 e. The van der Waals surface area contributed by atoms with Gasteiger partial charge in [-0.3, -0.25) is 0 Å². The SMILES string of the molecule is C=C[C@@H](c1ccc2ccccc2c1)[Si](C)(C)c1ccccc1. The second-order valence-corrected chi connectivity index (χ2v) is 11.1. The molecule has 110 valence electrons. The van der Waals surface area contributed by atoms with Crippen LogP contribution < -0.4 is 5.19 Å². The maximum Gasteiger partial charge on any atom is 0.0919 e. The second kappa shape index (κ2) is 5.94. The Bertz CT molecular complexity index is 787. The van der Waals surface area contributed by atoms with Gasteiger partial charge in [-0.1, -0.05) is 97.2 Å². The number of rotatable bonds is 4. The Kier molecular flexibility index (Phi) is 3.99. The van der Waals surface area contributed by atoms with E-state index in [1.165, 1.54) is 21.5 Å². The van der Waals surface area contributed by atoms with E-state index >= 15 is 0 Å². The first-order chi connectivity index (χ1) is 10.6. The summed E-state index contributed by atoms with van der Waals surface area (Å²) >= 11 is 0. The van der Waals surface area contributed by atoms with Gasteiger partial charge in [0.2, 0.25) is 0 Å². The molecule has 0 saturated heterocycles. The molecule has 0 bridgehead atoms. The molecule has 0 spiro atoms. The predicted octanol–water partition coefficient (Wildman–Crippen LogP) is 5.26. The Balaban J connectivity index is 2.07. The monoisotopic (exact) mass is 302 g/mol. The van der Waals surface area contributed by atoms with Crippen molar-refractivity contribution in [1.82, 2.24) is 0 Å². The van der Waals surface area contributed by atoms with Crippen molar-refractivity contribution in [2.24, 2.45) is 0 Å². The molecule has 0 unspecified atom stereocenters. The molecule has 0 aromatic heterocycles. The Labute approximate surface area is 134 Å². The summed E-state index contributed by atoms with van der Waals surface area (Å²) in [4.78, 5) is 0. The molecule has 0 aliphatic rings. The molecule has 3 rings (SSSR count). The van der Waals surface area contributed by atoms with E-state index in [0.717, 1.165) is 0 Å². The molecular weight excluding hydrogens is 280 g/mol. The quantitative estimate of drug-likeness (QED) is 0.455. The van der Waals surface area contributed by atoms with Crippen LogP contribution in [0.25, 0.3) is 10.8 Å². The topological polar surface area (TPSA) is 0 Å². The Morgan fingerprint density at radius 2 is 1.45 bits per heavy atom. The number of fused-ring (bicyclic) bond motifs is 1. The van der Waals surface area contributed by atoms with Crippen molar-refractivity contribution in [2.75, 3.05) is 0 Å². The lowest BCUT2D eigenvalue weighted by Gasteiger charge is -2.31. The fourth-order valence-corrected chi connectivity index (χ4v) is 6.31. The first-order valence-electron chi connectivity index (χ1n) is 7.79. The highest BCUT2D eigenvalue weighted by Gasteiger charge is 2.32. The molecule has 3 aromatic rings. The third-order valence-electron chi connectivity index (χ3n) is 4.66. The Hall–Kier alpha value is -2.12. The van der Waals surface area contributed by atoms with Gasteiger partial charge in [-0.25, -0.2) is 0 Å². The summed E-state index contributed by atoms with van der Waals surface area (Å²) in [6.45, 7) is 9.01. The molecule has 0 aliphatic carbocycles. The summed E-state index contributed by atoms with van der Waals surface area (Å²) < 4.78 is 0. The molecule has 0 fully saturated rings. The molecule has 0 amide bonds. The molecule has 0 N–H and O–H groups in total. The van der Waals surface area contributed by atoms with Gasteiger partial charge in [-0.2, -0.15) is 0 Å². The summed E-state index contributed by atoms with van der Waals surface area (Å²) in [5.41, 5.74) is 1.80. The van der Waals surface area contributed by atoms with Gasteiger partial charge < -0.3 is 0 Å². The van der Waals surface area contributed by atoms with Crippen molar-refractivity contribution in [3.05, 3.63) is 91.0 Å². The largest absolute Gasteiger partial charge is 0.103 e.